The minimum absolute atomic E-state index is 0. The lowest BCUT2D eigenvalue weighted by molar-refractivity contribution is -0.122. The first-order chi connectivity index (χ1) is 7.48. The SMILES string of the molecule is C[C@@H](N)C(=O)NCC1(N(C)C)CCCCC1.Cl. The molecule has 0 bridgehead atoms. The molecule has 0 aromatic carbocycles. The number of nitrogens with zero attached hydrogens (tertiary/aromatic N) is 1. The maximum Gasteiger partial charge on any atom is 0.236 e. The van der Waals surface area contributed by atoms with E-state index in [1.165, 1.54) is 32.1 Å². The maximum absolute atomic E-state index is 11.5. The van der Waals surface area contributed by atoms with E-state index in [0.717, 1.165) is 6.54 Å². The van der Waals surface area contributed by atoms with E-state index < -0.39 is 6.04 Å². The van der Waals surface area contributed by atoms with E-state index in [9.17, 15) is 4.79 Å². The van der Waals surface area contributed by atoms with E-state index in [-0.39, 0.29) is 23.9 Å². The van der Waals surface area contributed by atoms with Gasteiger partial charge < -0.3 is 16.0 Å². The third-order valence-corrected chi connectivity index (χ3v) is 3.74. The fraction of sp³-hybridized carbons (Fsp3) is 0.917. The summed E-state index contributed by atoms with van der Waals surface area (Å²) < 4.78 is 0. The Balaban J connectivity index is 0.00000256. The minimum atomic E-state index is -0.414. The summed E-state index contributed by atoms with van der Waals surface area (Å²) in [6, 6.07) is -0.414. The number of carbonyl (C=O) groups is 1. The highest BCUT2D eigenvalue weighted by Gasteiger charge is 2.34. The zero-order chi connectivity index (χ0) is 12.2. The summed E-state index contributed by atoms with van der Waals surface area (Å²) in [5.74, 6) is -0.0493. The quantitative estimate of drug-likeness (QED) is 0.800. The normalized spacial score (nSPS) is 20.5. The fourth-order valence-corrected chi connectivity index (χ4v) is 2.40. The van der Waals surface area contributed by atoms with Crippen LogP contribution >= 0.6 is 12.4 Å². The van der Waals surface area contributed by atoms with Gasteiger partial charge in [-0.2, -0.15) is 0 Å². The van der Waals surface area contributed by atoms with Gasteiger partial charge in [-0.25, -0.2) is 0 Å². The van der Waals surface area contributed by atoms with Crippen LogP contribution in [0.15, 0.2) is 0 Å². The number of likely N-dealkylation sites (N-methyl/N-ethyl adjacent to an activating group) is 1. The zero-order valence-corrected chi connectivity index (χ0v) is 12.0. The fourth-order valence-electron chi connectivity index (χ4n) is 2.40. The molecule has 0 aromatic heterocycles. The summed E-state index contributed by atoms with van der Waals surface area (Å²) in [5, 5.41) is 2.97. The third-order valence-electron chi connectivity index (χ3n) is 3.74. The molecule has 0 heterocycles. The lowest BCUT2D eigenvalue weighted by Gasteiger charge is -2.43. The number of carbonyl (C=O) groups excluding carboxylic acids is 1. The van der Waals surface area contributed by atoms with Crippen molar-refractivity contribution in [1.82, 2.24) is 10.2 Å². The second-order valence-electron chi connectivity index (χ2n) is 5.19. The van der Waals surface area contributed by atoms with Crippen LogP contribution in [0.25, 0.3) is 0 Å². The monoisotopic (exact) mass is 263 g/mol. The van der Waals surface area contributed by atoms with Crippen LogP contribution in [-0.2, 0) is 4.79 Å². The van der Waals surface area contributed by atoms with E-state index >= 15 is 0 Å². The Morgan fingerprint density at radius 1 is 1.35 bits per heavy atom. The molecule has 1 rings (SSSR count). The molecule has 0 radical (unpaired) electrons. The molecule has 5 heteroatoms. The average Bonchev–Trinajstić information content (AvgIpc) is 2.26. The van der Waals surface area contributed by atoms with E-state index in [1.807, 2.05) is 0 Å². The number of rotatable bonds is 4. The standard InChI is InChI=1S/C12H25N3O.ClH/c1-10(13)11(16)14-9-12(15(2)3)7-5-4-6-8-12;/h10H,4-9,13H2,1-3H3,(H,14,16);1H/t10-;/m1./s1. The molecule has 0 aromatic rings. The first-order valence-electron chi connectivity index (χ1n) is 6.19. The van der Waals surface area contributed by atoms with Crippen LogP contribution in [0.4, 0.5) is 0 Å². The number of hydrogen-bond acceptors (Lipinski definition) is 3. The Morgan fingerprint density at radius 2 is 1.88 bits per heavy atom. The Hall–Kier alpha value is -0.320. The molecule has 0 aliphatic heterocycles. The van der Waals surface area contributed by atoms with Crippen molar-refractivity contribution >= 4 is 18.3 Å². The van der Waals surface area contributed by atoms with E-state index in [1.54, 1.807) is 6.92 Å². The molecule has 0 spiro atoms. The van der Waals surface area contributed by atoms with Crippen LogP contribution in [0.1, 0.15) is 39.0 Å². The number of halogens is 1. The van der Waals surface area contributed by atoms with Crippen molar-refractivity contribution in [2.75, 3.05) is 20.6 Å². The van der Waals surface area contributed by atoms with Crippen molar-refractivity contribution in [2.24, 2.45) is 5.73 Å². The molecular weight excluding hydrogens is 238 g/mol. The Labute approximate surface area is 111 Å². The largest absolute Gasteiger partial charge is 0.353 e. The molecule has 102 valence electrons. The van der Waals surface area contributed by atoms with Crippen molar-refractivity contribution in [2.45, 2.75) is 50.6 Å². The predicted octanol–water partition coefficient (Wildman–Crippen LogP) is 1.14. The van der Waals surface area contributed by atoms with Gasteiger partial charge in [-0.05, 0) is 33.9 Å². The van der Waals surface area contributed by atoms with Crippen molar-refractivity contribution in [1.29, 1.82) is 0 Å². The van der Waals surface area contributed by atoms with Gasteiger partial charge in [-0.3, -0.25) is 4.79 Å². The molecule has 0 unspecified atom stereocenters. The molecular formula is C12H26ClN3O. The molecule has 1 aliphatic carbocycles. The molecule has 4 nitrogen and oxygen atoms in total. The molecule has 1 atom stereocenters. The van der Waals surface area contributed by atoms with Crippen LogP contribution < -0.4 is 11.1 Å². The van der Waals surface area contributed by atoms with Crippen LogP contribution in [0.3, 0.4) is 0 Å². The van der Waals surface area contributed by atoms with Gasteiger partial charge in [-0.15, -0.1) is 12.4 Å². The molecule has 1 saturated carbocycles. The van der Waals surface area contributed by atoms with Crippen LogP contribution in [0, 0.1) is 0 Å². The van der Waals surface area contributed by atoms with Gasteiger partial charge in [0, 0.05) is 12.1 Å². The van der Waals surface area contributed by atoms with Gasteiger partial charge in [-0.1, -0.05) is 19.3 Å². The summed E-state index contributed by atoms with van der Waals surface area (Å²) in [4.78, 5) is 13.8. The lowest BCUT2D eigenvalue weighted by Crippen LogP contribution is -2.55. The summed E-state index contributed by atoms with van der Waals surface area (Å²) in [7, 11) is 4.20. The van der Waals surface area contributed by atoms with Crippen LogP contribution in [0.2, 0.25) is 0 Å². The van der Waals surface area contributed by atoms with Crippen molar-refractivity contribution in [3.63, 3.8) is 0 Å². The van der Waals surface area contributed by atoms with Gasteiger partial charge in [0.2, 0.25) is 5.91 Å². The smallest absolute Gasteiger partial charge is 0.236 e. The van der Waals surface area contributed by atoms with Crippen LogP contribution in [0.5, 0.6) is 0 Å². The second kappa shape index (κ2) is 7.19. The molecule has 17 heavy (non-hydrogen) atoms. The number of amides is 1. The zero-order valence-electron chi connectivity index (χ0n) is 11.2. The topological polar surface area (TPSA) is 58.4 Å². The first-order valence-corrected chi connectivity index (χ1v) is 6.19. The number of nitrogens with one attached hydrogen (secondary N) is 1. The van der Waals surface area contributed by atoms with Gasteiger partial charge in [0.1, 0.15) is 0 Å². The molecule has 1 aliphatic rings. The second-order valence-corrected chi connectivity index (χ2v) is 5.19. The van der Waals surface area contributed by atoms with Gasteiger partial charge in [0.25, 0.3) is 0 Å². The first kappa shape index (κ1) is 16.7. The van der Waals surface area contributed by atoms with E-state index in [0.29, 0.717) is 0 Å². The van der Waals surface area contributed by atoms with E-state index in [4.69, 9.17) is 5.73 Å². The summed E-state index contributed by atoms with van der Waals surface area (Å²) in [6.45, 7) is 2.44. The van der Waals surface area contributed by atoms with Gasteiger partial charge in [0.15, 0.2) is 0 Å². The van der Waals surface area contributed by atoms with Gasteiger partial charge in [0.05, 0.1) is 6.04 Å². The lowest BCUT2D eigenvalue weighted by atomic mass is 9.80. The Kier molecular flexibility index (Phi) is 7.05. The number of nitrogens with two attached hydrogens (primary N) is 1. The highest BCUT2D eigenvalue weighted by Crippen LogP contribution is 2.31. The van der Waals surface area contributed by atoms with E-state index in [2.05, 4.69) is 24.3 Å². The summed E-state index contributed by atoms with van der Waals surface area (Å²) in [5.41, 5.74) is 5.69. The Morgan fingerprint density at radius 3 is 2.29 bits per heavy atom. The highest BCUT2D eigenvalue weighted by molar-refractivity contribution is 5.85. The summed E-state index contributed by atoms with van der Waals surface area (Å²) >= 11 is 0. The van der Waals surface area contributed by atoms with Crippen LogP contribution in [-0.4, -0.2) is 43.0 Å². The third kappa shape index (κ3) is 4.45. The van der Waals surface area contributed by atoms with Gasteiger partial charge >= 0.3 is 0 Å². The molecule has 1 fully saturated rings. The number of hydrogen-bond donors (Lipinski definition) is 2. The maximum atomic E-state index is 11.5. The molecule has 0 saturated heterocycles. The Bertz CT molecular complexity index is 238. The predicted molar refractivity (Wildman–Crippen MR) is 73.4 cm³/mol. The molecule has 1 amide bonds. The highest BCUT2D eigenvalue weighted by atomic mass is 35.5. The average molecular weight is 264 g/mol. The van der Waals surface area contributed by atoms with Crippen molar-refractivity contribution < 1.29 is 4.79 Å². The summed E-state index contributed by atoms with van der Waals surface area (Å²) in [6.07, 6.45) is 6.16. The van der Waals surface area contributed by atoms with Crippen molar-refractivity contribution in [3.05, 3.63) is 0 Å². The molecule has 3 N–H and O–H groups in total. The minimum Gasteiger partial charge on any atom is -0.353 e. The van der Waals surface area contributed by atoms with Crippen molar-refractivity contribution in [3.8, 4) is 0 Å².